The molecule has 0 fully saturated rings. The van der Waals surface area contributed by atoms with Gasteiger partial charge in [0.2, 0.25) is 5.43 Å². The fourth-order valence-corrected chi connectivity index (χ4v) is 1.43. The van der Waals surface area contributed by atoms with Crippen molar-refractivity contribution < 1.29 is 18.7 Å². The third-order valence-electron chi connectivity index (χ3n) is 2.16. The van der Waals surface area contributed by atoms with E-state index in [9.17, 15) is 14.4 Å². The summed E-state index contributed by atoms with van der Waals surface area (Å²) in [6.07, 6.45) is 1.51. The number of benzene rings is 1. The van der Waals surface area contributed by atoms with Crippen LogP contribution >= 0.6 is 0 Å². The van der Waals surface area contributed by atoms with Crippen LogP contribution < -0.4 is 10.2 Å². The largest absolute Gasteiger partial charge is 0.463 e. The number of hydrogen-bond acceptors (Lipinski definition) is 5. The Morgan fingerprint density at radius 3 is 2.82 bits per heavy atom. The van der Waals surface area contributed by atoms with Gasteiger partial charge in [0.15, 0.2) is 6.29 Å². The molecule has 0 unspecified atom stereocenters. The van der Waals surface area contributed by atoms with Crippen molar-refractivity contribution in [2.24, 2.45) is 0 Å². The summed E-state index contributed by atoms with van der Waals surface area (Å²) in [5.41, 5.74) is -0.187. The first-order chi connectivity index (χ1) is 8.11. The van der Waals surface area contributed by atoms with Crippen LogP contribution in [-0.2, 0) is 4.79 Å². The van der Waals surface area contributed by atoms with E-state index in [0.29, 0.717) is 6.29 Å². The Labute approximate surface area is 95.6 Å². The quantitative estimate of drug-likeness (QED) is 0.446. The number of ether oxygens (including phenoxy) is 1. The highest BCUT2D eigenvalue weighted by atomic mass is 16.5. The molecule has 0 amide bonds. The summed E-state index contributed by atoms with van der Waals surface area (Å²) in [7, 11) is 0. The molecule has 1 aromatic heterocycles. The van der Waals surface area contributed by atoms with Crippen molar-refractivity contribution in [3.63, 3.8) is 0 Å². The molecular formula is C12H8O5. The van der Waals surface area contributed by atoms with Crippen molar-refractivity contribution in [3.8, 4) is 5.75 Å². The second-order valence-electron chi connectivity index (χ2n) is 3.39. The van der Waals surface area contributed by atoms with E-state index in [-0.39, 0.29) is 22.3 Å². The molecule has 0 atom stereocenters. The van der Waals surface area contributed by atoms with Gasteiger partial charge >= 0.3 is 5.97 Å². The molecule has 0 bridgehead atoms. The molecule has 0 saturated heterocycles. The van der Waals surface area contributed by atoms with Crippen LogP contribution in [0.25, 0.3) is 11.0 Å². The Kier molecular flexibility index (Phi) is 2.74. The fraction of sp³-hybridized carbons (Fsp3) is 0.0833. The molecule has 0 aliphatic carbocycles. The van der Waals surface area contributed by atoms with Gasteiger partial charge in [0.05, 0.1) is 10.9 Å². The van der Waals surface area contributed by atoms with Gasteiger partial charge in [-0.15, -0.1) is 0 Å². The number of rotatable bonds is 2. The Morgan fingerprint density at radius 2 is 2.18 bits per heavy atom. The molecule has 0 saturated carbocycles. The Hall–Kier alpha value is -2.43. The highest BCUT2D eigenvalue weighted by molar-refractivity contribution is 5.85. The highest BCUT2D eigenvalue weighted by Crippen LogP contribution is 2.19. The summed E-state index contributed by atoms with van der Waals surface area (Å²) in [5, 5.41) is 0.269. The first-order valence-corrected chi connectivity index (χ1v) is 4.81. The van der Waals surface area contributed by atoms with Crippen LogP contribution in [-0.4, -0.2) is 12.3 Å². The van der Waals surface area contributed by atoms with Crippen LogP contribution in [0.2, 0.25) is 0 Å². The molecule has 0 N–H and O–H groups in total. The number of carbonyl (C=O) groups excluding carboxylic acids is 2. The smallest absolute Gasteiger partial charge is 0.308 e. The number of aldehydes is 1. The highest BCUT2D eigenvalue weighted by Gasteiger charge is 2.08. The number of hydrogen-bond donors (Lipinski definition) is 0. The average Bonchev–Trinajstić information content (AvgIpc) is 2.28. The molecule has 1 aromatic carbocycles. The van der Waals surface area contributed by atoms with Gasteiger partial charge in [0, 0.05) is 13.0 Å². The maximum Gasteiger partial charge on any atom is 0.308 e. The van der Waals surface area contributed by atoms with Gasteiger partial charge in [0.25, 0.3) is 0 Å². The lowest BCUT2D eigenvalue weighted by atomic mass is 10.2. The monoisotopic (exact) mass is 232 g/mol. The zero-order valence-electron chi connectivity index (χ0n) is 8.93. The lowest BCUT2D eigenvalue weighted by molar-refractivity contribution is -0.131. The van der Waals surface area contributed by atoms with Crippen LogP contribution in [0.5, 0.6) is 5.75 Å². The maximum atomic E-state index is 11.7. The van der Waals surface area contributed by atoms with Crippen molar-refractivity contribution in [3.05, 3.63) is 40.2 Å². The topological polar surface area (TPSA) is 73.6 Å². The Morgan fingerprint density at radius 1 is 1.41 bits per heavy atom. The van der Waals surface area contributed by atoms with E-state index < -0.39 is 11.4 Å². The van der Waals surface area contributed by atoms with Crippen molar-refractivity contribution in [2.75, 3.05) is 0 Å². The minimum atomic E-state index is -0.462. The molecule has 5 heteroatoms. The minimum Gasteiger partial charge on any atom is -0.463 e. The molecule has 0 aliphatic heterocycles. The van der Waals surface area contributed by atoms with Gasteiger partial charge in [0.1, 0.15) is 17.6 Å². The van der Waals surface area contributed by atoms with Gasteiger partial charge in [-0.05, 0) is 12.1 Å². The third-order valence-corrected chi connectivity index (χ3v) is 2.16. The molecule has 1 heterocycles. The van der Waals surface area contributed by atoms with Crippen molar-refractivity contribution >= 4 is 23.2 Å². The lowest BCUT2D eigenvalue weighted by Crippen LogP contribution is -2.08. The van der Waals surface area contributed by atoms with E-state index in [2.05, 4.69) is 0 Å². The maximum absolute atomic E-state index is 11.7. The van der Waals surface area contributed by atoms with E-state index in [1.165, 1.54) is 25.1 Å². The molecular weight excluding hydrogens is 224 g/mol. The third kappa shape index (κ3) is 2.08. The molecule has 5 nitrogen and oxygen atoms in total. The summed E-state index contributed by atoms with van der Waals surface area (Å²) < 4.78 is 9.96. The summed E-state index contributed by atoms with van der Waals surface area (Å²) >= 11 is 0. The van der Waals surface area contributed by atoms with E-state index >= 15 is 0 Å². The predicted octanol–water partition coefficient (Wildman–Crippen LogP) is 1.53. The van der Waals surface area contributed by atoms with Gasteiger partial charge in [-0.1, -0.05) is 0 Å². The lowest BCUT2D eigenvalue weighted by Gasteiger charge is -2.02. The van der Waals surface area contributed by atoms with Crippen LogP contribution in [0, 0.1) is 0 Å². The molecule has 86 valence electrons. The fourth-order valence-electron chi connectivity index (χ4n) is 1.43. The van der Waals surface area contributed by atoms with E-state index in [0.717, 1.165) is 6.26 Å². The van der Waals surface area contributed by atoms with Gasteiger partial charge in [-0.3, -0.25) is 14.4 Å². The van der Waals surface area contributed by atoms with Gasteiger partial charge in [-0.25, -0.2) is 0 Å². The van der Waals surface area contributed by atoms with E-state index in [4.69, 9.17) is 9.15 Å². The summed E-state index contributed by atoms with van der Waals surface area (Å²) in [5.74, 6) is -0.178. The minimum absolute atomic E-state index is 0.0438. The SMILES string of the molecule is CC(=O)Oc1ccc2c(=O)c(C=O)coc2c1. The first kappa shape index (κ1) is 11.1. The molecule has 0 radical (unpaired) electrons. The van der Waals surface area contributed by atoms with Gasteiger partial charge in [-0.2, -0.15) is 0 Å². The first-order valence-electron chi connectivity index (χ1n) is 4.81. The second kappa shape index (κ2) is 4.21. The van der Waals surface area contributed by atoms with Crippen LogP contribution in [0.1, 0.15) is 17.3 Å². The molecule has 0 aliphatic rings. The summed E-state index contributed by atoms with van der Waals surface area (Å²) in [4.78, 5) is 33.0. The summed E-state index contributed by atoms with van der Waals surface area (Å²) in [6, 6.07) is 4.34. The number of esters is 1. The van der Waals surface area contributed by atoms with Crippen LogP contribution in [0.3, 0.4) is 0 Å². The number of carbonyl (C=O) groups is 2. The van der Waals surface area contributed by atoms with Crippen molar-refractivity contribution in [1.29, 1.82) is 0 Å². The Balaban J connectivity index is 2.61. The average molecular weight is 232 g/mol. The van der Waals surface area contributed by atoms with Crippen LogP contribution in [0.15, 0.2) is 33.7 Å². The van der Waals surface area contributed by atoms with Crippen LogP contribution in [0.4, 0.5) is 0 Å². The second-order valence-corrected chi connectivity index (χ2v) is 3.39. The zero-order valence-corrected chi connectivity index (χ0v) is 8.93. The molecule has 0 spiro atoms. The van der Waals surface area contributed by atoms with E-state index in [1.54, 1.807) is 0 Å². The molecule has 17 heavy (non-hydrogen) atoms. The standard InChI is InChI=1S/C12H8O5/c1-7(14)17-9-2-3-10-11(4-9)16-6-8(5-13)12(10)15/h2-6H,1H3. The molecule has 2 aromatic rings. The van der Waals surface area contributed by atoms with Crippen molar-refractivity contribution in [1.82, 2.24) is 0 Å². The molecule has 2 rings (SSSR count). The Bertz CT molecular complexity index is 653. The van der Waals surface area contributed by atoms with Crippen molar-refractivity contribution in [2.45, 2.75) is 6.92 Å². The number of fused-ring (bicyclic) bond motifs is 1. The van der Waals surface area contributed by atoms with E-state index in [1.807, 2.05) is 0 Å². The predicted molar refractivity (Wildman–Crippen MR) is 59.2 cm³/mol. The zero-order chi connectivity index (χ0) is 12.4. The normalized spacial score (nSPS) is 10.2. The van der Waals surface area contributed by atoms with Gasteiger partial charge < -0.3 is 9.15 Å². The summed E-state index contributed by atoms with van der Waals surface area (Å²) in [6.45, 7) is 1.27.